The molecule has 108 valence electrons. The van der Waals surface area contributed by atoms with Crippen molar-refractivity contribution in [3.8, 4) is 11.4 Å². The fourth-order valence-electron chi connectivity index (χ4n) is 2.14. The number of nitrogens with two attached hydrogens (primary N) is 1. The van der Waals surface area contributed by atoms with E-state index in [1.54, 1.807) is 17.9 Å². The predicted octanol–water partition coefficient (Wildman–Crippen LogP) is 2.56. The van der Waals surface area contributed by atoms with Gasteiger partial charge in [0.2, 0.25) is 0 Å². The van der Waals surface area contributed by atoms with Gasteiger partial charge in [0.05, 0.1) is 23.4 Å². The summed E-state index contributed by atoms with van der Waals surface area (Å²) in [5, 5.41) is 12.4. The minimum Gasteiger partial charge on any atom is -0.398 e. The van der Waals surface area contributed by atoms with Crippen LogP contribution in [-0.4, -0.2) is 33.9 Å². The largest absolute Gasteiger partial charge is 0.398 e. The normalized spacial score (nSPS) is 12.6. The number of hydrogen-bond acceptors (Lipinski definition) is 5. The van der Waals surface area contributed by atoms with Crippen LogP contribution in [0.2, 0.25) is 5.02 Å². The number of rotatable bonds is 6. The first-order valence-electron chi connectivity index (χ1n) is 6.50. The SMILES string of the molecule is CCCC(COC)n1nnnc1-c1cccc(N)c1Cl. The van der Waals surface area contributed by atoms with E-state index in [1.165, 1.54) is 0 Å². The number of anilines is 1. The van der Waals surface area contributed by atoms with Gasteiger partial charge in [0.15, 0.2) is 5.82 Å². The molecule has 0 aliphatic carbocycles. The molecule has 2 rings (SSSR count). The van der Waals surface area contributed by atoms with Gasteiger partial charge in [0, 0.05) is 12.7 Å². The minimum atomic E-state index is 0.0764. The Kier molecular flexibility index (Phi) is 4.92. The quantitative estimate of drug-likeness (QED) is 0.829. The zero-order chi connectivity index (χ0) is 14.5. The third-order valence-corrected chi connectivity index (χ3v) is 3.51. The highest BCUT2D eigenvalue weighted by Crippen LogP contribution is 2.32. The Hall–Kier alpha value is -1.66. The average molecular weight is 296 g/mol. The van der Waals surface area contributed by atoms with E-state index in [1.807, 2.05) is 12.1 Å². The van der Waals surface area contributed by atoms with Crippen molar-refractivity contribution in [1.29, 1.82) is 0 Å². The summed E-state index contributed by atoms with van der Waals surface area (Å²) in [6, 6.07) is 5.52. The molecule has 0 amide bonds. The molecule has 1 aromatic carbocycles. The first kappa shape index (κ1) is 14.7. The van der Waals surface area contributed by atoms with E-state index in [9.17, 15) is 0 Å². The molecule has 0 bridgehead atoms. The van der Waals surface area contributed by atoms with Gasteiger partial charge in [-0.3, -0.25) is 0 Å². The highest BCUT2D eigenvalue weighted by atomic mass is 35.5. The van der Waals surface area contributed by atoms with E-state index in [2.05, 4.69) is 22.4 Å². The number of aromatic nitrogens is 4. The van der Waals surface area contributed by atoms with Crippen LogP contribution in [0.25, 0.3) is 11.4 Å². The van der Waals surface area contributed by atoms with E-state index in [0.29, 0.717) is 23.1 Å². The molecule has 0 aliphatic rings. The highest BCUT2D eigenvalue weighted by molar-refractivity contribution is 6.35. The van der Waals surface area contributed by atoms with E-state index in [0.717, 1.165) is 18.4 Å². The third-order valence-electron chi connectivity index (χ3n) is 3.09. The molecule has 0 fully saturated rings. The van der Waals surface area contributed by atoms with Crippen molar-refractivity contribution in [3.63, 3.8) is 0 Å². The smallest absolute Gasteiger partial charge is 0.183 e. The molecule has 2 aromatic rings. The number of methoxy groups -OCH3 is 1. The molecule has 1 atom stereocenters. The molecule has 1 aromatic heterocycles. The summed E-state index contributed by atoms with van der Waals surface area (Å²) in [6.07, 6.45) is 1.93. The van der Waals surface area contributed by atoms with Crippen LogP contribution in [0.3, 0.4) is 0 Å². The van der Waals surface area contributed by atoms with Crippen molar-refractivity contribution in [2.24, 2.45) is 0 Å². The van der Waals surface area contributed by atoms with E-state index < -0.39 is 0 Å². The van der Waals surface area contributed by atoms with Crippen LogP contribution in [0.4, 0.5) is 5.69 Å². The summed E-state index contributed by atoms with van der Waals surface area (Å²) in [7, 11) is 1.67. The topological polar surface area (TPSA) is 78.8 Å². The number of benzene rings is 1. The van der Waals surface area contributed by atoms with Crippen LogP contribution in [0.1, 0.15) is 25.8 Å². The molecule has 0 aliphatic heterocycles. The summed E-state index contributed by atoms with van der Waals surface area (Å²) in [5.74, 6) is 0.609. The monoisotopic (exact) mass is 295 g/mol. The maximum atomic E-state index is 6.25. The summed E-state index contributed by atoms with van der Waals surface area (Å²) in [5.41, 5.74) is 7.08. The summed E-state index contributed by atoms with van der Waals surface area (Å²) >= 11 is 6.25. The van der Waals surface area contributed by atoms with Crippen molar-refractivity contribution in [2.45, 2.75) is 25.8 Å². The van der Waals surface area contributed by atoms with Crippen LogP contribution < -0.4 is 5.73 Å². The molecular weight excluding hydrogens is 278 g/mol. The van der Waals surface area contributed by atoms with Gasteiger partial charge in [-0.15, -0.1) is 5.10 Å². The average Bonchev–Trinajstić information content (AvgIpc) is 2.90. The Balaban J connectivity index is 2.43. The van der Waals surface area contributed by atoms with Crippen LogP contribution in [0.5, 0.6) is 0 Å². The lowest BCUT2D eigenvalue weighted by Crippen LogP contribution is -2.17. The Morgan fingerprint density at radius 2 is 2.25 bits per heavy atom. The highest BCUT2D eigenvalue weighted by Gasteiger charge is 2.20. The lowest BCUT2D eigenvalue weighted by atomic mass is 10.1. The number of tetrazole rings is 1. The van der Waals surface area contributed by atoms with Gasteiger partial charge in [0.25, 0.3) is 0 Å². The van der Waals surface area contributed by atoms with Gasteiger partial charge < -0.3 is 10.5 Å². The van der Waals surface area contributed by atoms with Crippen LogP contribution in [0, 0.1) is 0 Å². The van der Waals surface area contributed by atoms with Gasteiger partial charge in [0.1, 0.15) is 0 Å². The maximum absolute atomic E-state index is 6.25. The van der Waals surface area contributed by atoms with E-state index in [4.69, 9.17) is 22.1 Å². The standard InChI is InChI=1S/C13H18ClN5O/c1-3-5-9(8-20-2)19-13(16-17-18-19)10-6-4-7-11(15)12(10)14/h4,6-7,9H,3,5,8,15H2,1-2H3. The van der Waals surface area contributed by atoms with Gasteiger partial charge in [-0.25, -0.2) is 4.68 Å². The molecule has 2 N–H and O–H groups in total. The van der Waals surface area contributed by atoms with Gasteiger partial charge in [-0.2, -0.15) is 0 Å². The zero-order valence-electron chi connectivity index (χ0n) is 11.6. The second-order valence-electron chi connectivity index (χ2n) is 4.55. The molecule has 0 saturated carbocycles. The molecule has 6 nitrogen and oxygen atoms in total. The number of nitrogen functional groups attached to an aromatic ring is 1. The number of halogens is 1. The maximum Gasteiger partial charge on any atom is 0.183 e. The fourth-order valence-corrected chi connectivity index (χ4v) is 2.35. The second-order valence-corrected chi connectivity index (χ2v) is 4.93. The van der Waals surface area contributed by atoms with Crippen molar-refractivity contribution in [2.75, 3.05) is 19.5 Å². The van der Waals surface area contributed by atoms with E-state index in [-0.39, 0.29) is 6.04 Å². The molecular formula is C13H18ClN5O. The Morgan fingerprint density at radius 3 is 2.95 bits per heavy atom. The first-order valence-corrected chi connectivity index (χ1v) is 6.88. The molecule has 0 radical (unpaired) electrons. The number of nitrogens with zero attached hydrogens (tertiary/aromatic N) is 4. The van der Waals surface area contributed by atoms with Crippen molar-refractivity contribution < 1.29 is 4.74 Å². The predicted molar refractivity (Wildman–Crippen MR) is 78.5 cm³/mol. The Morgan fingerprint density at radius 1 is 1.45 bits per heavy atom. The summed E-state index contributed by atoms with van der Waals surface area (Å²) in [6.45, 7) is 2.66. The van der Waals surface area contributed by atoms with Gasteiger partial charge in [-0.1, -0.05) is 31.0 Å². The molecule has 1 heterocycles. The lowest BCUT2D eigenvalue weighted by molar-refractivity contribution is 0.144. The second kappa shape index (κ2) is 6.67. The molecule has 0 saturated heterocycles. The third kappa shape index (κ3) is 2.91. The van der Waals surface area contributed by atoms with Gasteiger partial charge in [-0.05, 0) is 29.0 Å². The van der Waals surface area contributed by atoms with Crippen LogP contribution in [-0.2, 0) is 4.74 Å². The number of ether oxygens (including phenoxy) is 1. The fraction of sp³-hybridized carbons (Fsp3) is 0.462. The summed E-state index contributed by atoms with van der Waals surface area (Å²) in [4.78, 5) is 0. The van der Waals surface area contributed by atoms with Crippen molar-refractivity contribution in [3.05, 3.63) is 23.2 Å². The Bertz CT molecular complexity index is 566. The molecule has 20 heavy (non-hydrogen) atoms. The molecule has 7 heteroatoms. The van der Waals surface area contributed by atoms with Gasteiger partial charge >= 0.3 is 0 Å². The minimum absolute atomic E-state index is 0.0764. The molecule has 1 unspecified atom stereocenters. The first-order chi connectivity index (χ1) is 9.69. The number of hydrogen-bond donors (Lipinski definition) is 1. The Labute approximate surface area is 122 Å². The van der Waals surface area contributed by atoms with Crippen molar-refractivity contribution >= 4 is 17.3 Å². The molecule has 0 spiro atoms. The van der Waals surface area contributed by atoms with Crippen LogP contribution >= 0.6 is 11.6 Å². The van der Waals surface area contributed by atoms with Crippen molar-refractivity contribution in [1.82, 2.24) is 20.2 Å². The van der Waals surface area contributed by atoms with Crippen LogP contribution in [0.15, 0.2) is 18.2 Å². The zero-order valence-corrected chi connectivity index (χ0v) is 12.3. The summed E-state index contributed by atoms with van der Waals surface area (Å²) < 4.78 is 7.01. The van der Waals surface area contributed by atoms with E-state index >= 15 is 0 Å². The lowest BCUT2D eigenvalue weighted by Gasteiger charge is -2.17.